The molecule has 0 aliphatic carbocycles. The number of carbonyl (C=O) groups is 4. The molecule has 3 heterocycles. The van der Waals surface area contributed by atoms with Gasteiger partial charge in [-0.3, -0.25) is 39.2 Å². The molecule has 3 aromatic carbocycles. The van der Waals surface area contributed by atoms with Crippen molar-refractivity contribution in [1.29, 1.82) is 5.26 Å². The number of alkyl halides is 3. The second-order valence-electron chi connectivity index (χ2n) is 15.7. The molecule has 0 radical (unpaired) electrons. The monoisotopic (exact) mass is 834 g/mol. The number of nitrogens with zero attached hydrogens (tertiary/aromatic N) is 5. The third-order valence-corrected chi connectivity index (χ3v) is 11.6. The van der Waals surface area contributed by atoms with Gasteiger partial charge in [0.25, 0.3) is 5.91 Å². The second-order valence-corrected chi connectivity index (χ2v) is 16.1. The van der Waals surface area contributed by atoms with Crippen LogP contribution in [0.5, 0.6) is 5.75 Å². The fourth-order valence-electron chi connectivity index (χ4n) is 7.94. The van der Waals surface area contributed by atoms with Gasteiger partial charge in [0.1, 0.15) is 23.9 Å². The number of nitriles is 1. The van der Waals surface area contributed by atoms with Crippen LogP contribution < -0.4 is 30.5 Å². The molecule has 13 nitrogen and oxygen atoms in total. The lowest BCUT2D eigenvalue weighted by Gasteiger charge is -2.43. The molecule has 1 unspecified atom stereocenters. The zero-order valence-corrected chi connectivity index (χ0v) is 34.5. The van der Waals surface area contributed by atoms with E-state index in [1.807, 2.05) is 25.1 Å². The fraction of sp³-hybridized carbons (Fsp3) is 0.452. The molecule has 3 saturated heterocycles. The highest BCUT2D eigenvalue weighted by Crippen LogP contribution is 2.43. The molecule has 0 spiro atoms. The summed E-state index contributed by atoms with van der Waals surface area (Å²) >= 11 is 4.73. The summed E-state index contributed by atoms with van der Waals surface area (Å²) in [7, 11) is 0. The molecule has 4 amide bonds. The predicted octanol–water partition coefficient (Wildman–Crippen LogP) is 5.61. The Bertz CT molecular complexity index is 2140. The quantitative estimate of drug-likeness (QED) is 0.134. The minimum absolute atomic E-state index is 0.0101. The summed E-state index contributed by atoms with van der Waals surface area (Å²) in [5.41, 5.74) is -0.956. The number of piperazine rings is 1. The van der Waals surface area contributed by atoms with Crippen LogP contribution in [0.2, 0.25) is 0 Å². The van der Waals surface area contributed by atoms with Crippen LogP contribution in [0.25, 0.3) is 0 Å². The number of rotatable bonds is 12. The molecule has 3 fully saturated rings. The van der Waals surface area contributed by atoms with Gasteiger partial charge in [0.05, 0.1) is 23.7 Å². The van der Waals surface area contributed by atoms with E-state index in [4.69, 9.17) is 17.4 Å². The lowest BCUT2D eigenvalue weighted by atomic mass is 10.0. The Labute approximate surface area is 347 Å². The molecule has 3 aliphatic heterocycles. The largest absolute Gasteiger partial charge is 0.492 e. The molecule has 0 aromatic heterocycles. The van der Waals surface area contributed by atoms with Gasteiger partial charge in [0.2, 0.25) is 17.7 Å². The molecule has 314 valence electrons. The molecule has 0 bridgehead atoms. The number of ether oxygens (including phenoxy) is 1. The molecule has 59 heavy (non-hydrogen) atoms. The first-order valence-corrected chi connectivity index (χ1v) is 20.1. The van der Waals surface area contributed by atoms with Crippen LogP contribution in [0, 0.1) is 11.3 Å². The highest BCUT2D eigenvalue weighted by molar-refractivity contribution is 7.81. The molecule has 17 heteroatoms. The number of thiol groups is 1. The number of hydrogen-bond donors (Lipinski definition) is 4. The molecule has 0 saturated carbocycles. The summed E-state index contributed by atoms with van der Waals surface area (Å²) in [6.07, 6.45) is -3.50. The van der Waals surface area contributed by atoms with Crippen molar-refractivity contribution in [2.45, 2.75) is 89.2 Å². The van der Waals surface area contributed by atoms with Gasteiger partial charge in [-0.1, -0.05) is 13.0 Å². The van der Waals surface area contributed by atoms with E-state index in [1.54, 1.807) is 49.1 Å². The van der Waals surface area contributed by atoms with Crippen LogP contribution in [-0.4, -0.2) is 95.4 Å². The summed E-state index contributed by atoms with van der Waals surface area (Å²) in [6, 6.07) is 17.2. The number of hydrogen-bond acceptors (Lipinski definition) is 11. The zero-order valence-electron chi connectivity index (χ0n) is 33.6. The van der Waals surface area contributed by atoms with Gasteiger partial charge in [0.15, 0.2) is 5.50 Å². The highest BCUT2D eigenvalue weighted by atomic mass is 32.1. The van der Waals surface area contributed by atoms with Gasteiger partial charge in [-0.25, -0.2) is 0 Å². The lowest BCUT2D eigenvalue weighted by molar-refractivity contribution is -0.138. The van der Waals surface area contributed by atoms with E-state index in [0.717, 1.165) is 24.2 Å². The Morgan fingerprint density at radius 1 is 1.00 bits per heavy atom. The third kappa shape index (κ3) is 9.45. The topological polar surface area (TPSA) is 150 Å². The summed E-state index contributed by atoms with van der Waals surface area (Å²) in [6.45, 7) is 12.2. The van der Waals surface area contributed by atoms with Gasteiger partial charge in [-0.05, 0) is 101 Å². The van der Waals surface area contributed by atoms with Gasteiger partial charge in [-0.2, -0.15) is 18.4 Å². The first kappa shape index (κ1) is 43.3. The Kier molecular flexibility index (Phi) is 12.8. The summed E-state index contributed by atoms with van der Waals surface area (Å²) in [5, 5.41) is 17.7. The minimum atomic E-state index is -4.78. The second kappa shape index (κ2) is 17.5. The summed E-state index contributed by atoms with van der Waals surface area (Å²) < 4.78 is 47.7. The average Bonchev–Trinajstić information content (AvgIpc) is 3.35. The van der Waals surface area contributed by atoms with Gasteiger partial charge in [-0.15, -0.1) is 12.6 Å². The standard InChI is InChI=1S/C42H49F3N8O5S/c1-6-27-18-32(53-40(59)52(39(57)41(53,4)5)31-11-10-28(21-46)33(20-31)42(43,44)45)12-14-35(27)58-17-16-50-22-26(3)51(23-25(50)2)24-37(55)48-30-9-7-8-29(19-30)47-34-13-15-36(54)49-38(34)56/h7-12,14,18-20,25-26,34,40,47,59H,6,13,15-17,22-24H2,1-5H3,(H,48,55)(H,49,54,56)/t25-,26-,34?,40+/m1/s1. The van der Waals surface area contributed by atoms with Crippen LogP contribution in [0.15, 0.2) is 60.7 Å². The van der Waals surface area contributed by atoms with Crippen LogP contribution in [-0.2, 0) is 31.8 Å². The Hall–Kier alpha value is -5.31. The van der Waals surface area contributed by atoms with Crippen molar-refractivity contribution in [2.24, 2.45) is 0 Å². The maximum Gasteiger partial charge on any atom is 0.417 e. The van der Waals surface area contributed by atoms with Crippen molar-refractivity contribution in [3.63, 3.8) is 0 Å². The predicted molar refractivity (Wildman–Crippen MR) is 221 cm³/mol. The number of anilines is 4. The van der Waals surface area contributed by atoms with E-state index < -0.39 is 40.3 Å². The van der Waals surface area contributed by atoms with Gasteiger partial charge >= 0.3 is 6.18 Å². The summed E-state index contributed by atoms with van der Waals surface area (Å²) in [5.74, 6) is -0.565. The van der Waals surface area contributed by atoms with Gasteiger partial charge < -0.3 is 20.3 Å². The Morgan fingerprint density at radius 3 is 2.39 bits per heavy atom. The number of nitrogens with one attached hydrogen (secondary N) is 3. The van der Waals surface area contributed by atoms with Crippen molar-refractivity contribution >= 4 is 59.0 Å². The Morgan fingerprint density at radius 2 is 1.69 bits per heavy atom. The third-order valence-electron chi connectivity index (χ3n) is 11.2. The molecule has 3 N–H and O–H groups in total. The maximum absolute atomic E-state index is 13.8. The number of imide groups is 1. The lowest BCUT2D eigenvalue weighted by Crippen LogP contribution is -2.58. The normalized spacial score (nSPS) is 22.5. The van der Waals surface area contributed by atoms with E-state index in [2.05, 4.69) is 39.6 Å². The number of benzene rings is 3. The van der Waals surface area contributed by atoms with Crippen LogP contribution in [0.4, 0.5) is 35.9 Å². The zero-order chi connectivity index (χ0) is 42.8. The van der Waals surface area contributed by atoms with Crippen molar-refractivity contribution in [1.82, 2.24) is 15.1 Å². The van der Waals surface area contributed by atoms with Crippen molar-refractivity contribution in [2.75, 3.05) is 53.2 Å². The maximum atomic E-state index is 13.8. The van der Waals surface area contributed by atoms with E-state index >= 15 is 0 Å². The van der Waals surface area contributed by atoms with Crippen molar-refractivity contribution in [3.05, 3.63) is 77.4 Å². The van der Waals surface area contributed by atoms with E-state index in [0.29, 0.717) is 55.3 Å². The Balaban J connectivity index is 1.03. The molecular weight excluding hydrogens is 786 g/mol. The molecule has 3 aliphatic rings. The number of carbonyl (C=O) groups excluding carboxylic acids is 4. The summed E-state index contributed by atoms with van der Waals surface area (Å²) in [4.78, 5) is 58.0. The number of amides is 4. The molecule has 6 rings (SSSR count). The van der Waals surface area contributed by atoms with Crippen LogP contribution >= 0.6 is 12.6 Å². The van der Waals surface area contributed by atoms with E-state index in [-0.39, 0.29) is 48.5 Å². The minimum Gasteiger partial charge on any atom is -0.492 e. The number of aryl methyl sites for hydroxylation is 1. The van der Waals surface area contributed by atoms with Crippen LogP contribution in [0.3, 0.4) is 0 Å². The first-order valence-electron chi connectivity index (χ1n) is 19.6. The fourth-order valence-corrected chi connectivity index (χ4v) is 8.60. The van der Waals surface area contributed by atoms with E-state index in [1.165, 1.54) is 11.0 Å². The number of piperidine rings is 1. The SMILES string of the molecule is CCc1cc(N2[C@@H](S)N(c3ccc(C#N)c(C(F)(F)F)c3)C(=O)C2(C)C)ccc1OCCN1C[C@@H](C)N(CC(=O)Nc2cccc(NC3CCC(=O)NC3=O)c2)C[C@H]1C. The van der Waals surface area contributed by atoms with Crippen LogP contribution in [0.1, 0.15) is 64.2 Å². The van der Waals surface area contributed by atoms with E-state index in [9.17, 15) is 37.6 Å². The van der Waals surface area contributed by atoms with Crippen molar-refractivity contribution in [3.8, 4) is 11.8 Å². The highest BCUT2D eigenvalue weighted by Gasteiger charge is 2.52. The molecule has 3 aromatic rings. The molecular formula is C42H49F3N8O5S. The number of halogens is 3. The molecule has 4 atom stereocenters. The first-order chi connectivity index (χ1) is 27.9. The van der Waals surface area contributed by atoms with Crippen molar-refractivity contribution < 1.29 is 37.1 Å². The van der Waals surface area contributed by atoms with Gasteiger partial charge in [0, 0.05) is 60.9 Å². The smallest absolute Gasteiger partial charge is 0.417 e. The average molecular weight is 835 g/mol.